The number of carbonyl (C=O) groups is 1. The van der Waals surface area contributed by atoms with Crippen molar-refractivity contribution in [3.8, 4) is 5.75 Å². The molecule has 4 rings (SSSR count). The second kappa shape index (κ2) is 10.4. The largest absolute Gasteiger partial charge is 0.483 e. The van der Waals surface area contributed by atoms with Crippen LogP contribution in [0.2, 0.25) is 0 Å². The maximum atomic E-state index is 12.6. The van der Waals surface area contributed by atoms with Gasteiger partial charge in [-0.15, -0.1) is 0 Å². The van der Waals surface area contributed by atoms with E-state index in [0.717, 1.165) is 78.8 Å². The van der Waals surface area contributed by atoms with Gasteiger partial charge in [0.25, 0.3) is 5.91 Å². The van der Waals surface area contributed by atoms with Crippen molar-refractivity contribution in [2.45, 2.75) is 46.7 Å². The molecule has 0 bridgehead atoms. The van der Waals surface area contributed by atoms with Gasteiger partial charge in [-0.3, -0.25) is 9.69 Å². The fraction of sp³-hybridized carbons (Fsp3) is 0.462. The van der Waals surface area contributed by atoms with Crippen molar-refractivity contribution in [3.05, 3.63) is 53.3 Å². The van der Waals surface area contributed by atoms with Crippen LogP contribution in [0.15, 0.2) is 36.4 Å². The topological polar surface area (TPSA) is 68.6 Å². The number of hydrogen-bond donors (Lipinski definition) is 1. The molecular weight excluding hydrogens is 416 g/mol. The number of anilines is 1. The molecule has 0 radical (unpaired) electrons. The number of carbonyl (C=O) groups excluding carboxylic acids is 1. The summed E-state index contributed by atoms with van der Waals surface area (Å²) in [5.74, 6) is 1.95. The van der Waals surface area contributed by atoms with E-state index >= 15 is 0 Å². The average Bonchev–Trinajstić information content (AvgIpc) is 3.14. The summed E-state index contributed by atoms with van der Waals surface area (Å²) in [5, 5.41) is 2.96. The first kappa shape index (κ1) is 23.3. The van der Waals surface area contributed by atoms with Crippen LogP contribution in [0.3, 0.4) is 0 Å². The SMILES string of the molecule is CCn1c(CN2CCOCC2)nc2cc(NC(=O)COc3cc(C)ccc3C(C)C)ccc21. The van der Waals surface area contributed by atoms with Gasteiger partial charge in [-0.1, -0.05) is 26.0 Å². The number of imidazole rings is 1. The molecule has 7 nitrogen and oxygen atoms in total. The van der Waals surface area contributed by atoms with E-state index in [2.05, 4.69) is 47.7 Å². The lowest BCUT2D eigenvalue weighted by Crippen LogP contribution is -2.36. The summed E-state index contributed by atoms with van der Waals surface area (Å²) in [6.07, 6.45) is 0. The summed E-state index contributed by atoms with van der Waals surface area (Å²) in [7, 11) is 0. The van der Waals surface area contributed by atoms with E-state index in [4.69, 9.17) is 14.5 Å². The maximum Gasteiger partial charge on any atom is 0.262 e. The second-order valence-corrected chi connectivity index (χ2v) is 8.90. The van der Waals surface area contributed by atoms with E-state index in [1.165, 1.54) is 0 Å². The average molecular weight is 451 g/mol. The maximum absolute atomic E-state index is 12.6. The van der Waals surface area contributed by atoms with Gasteiger partial charge in [-0.25, -0.2) is 4.98 Å². The number of aryl methyl sites for hydroxylation is 2. The Kier molecular flexibility index (Phi) is 7.30. The Balaban J connectivity index is 1.44. The summed E-state index contributed by atoms with van der Waals surface area (Å²) < 4.78 is 13.6. The third-order valence-electron chi connectivity index (χ3n) is 6.05. The fourth-order valence-electron chi connectivity index (χ4n) is 4.27. The Hall–Kier alpha value is -2.90. The number of aromatic nitrogens is 2. The number of amides is 1. The molecule has 3 aromatic rings. The summed E-state index contributed by atoms with van der Waals surface area (Å²) in [5.41, 5.74) is 4.91. The lowest BCUT2D eigenvalue weighted by atomic mass is 10.0. The van der Waals surface area contributed by atoms with Gasteiger partial charge in [0.2, 0.25) is 0 Å². The van der Waals surface area contributed by atoms with E-state index in [0.29, 0.717) is 5.92 Å². The number of rotatable bonds is 8. The molecule has 0 unspecified atom stereocenters. The minimum atomic E-state index is -0.186. The highest BCUT2D eigenvalue weighted by molar-refractivity contribution is 5.94. The summed E-state index contributed by atoms with van der Waals surface area (Å²) in [4.78, 5) is 19.8. The standard InChI is InChI=1S/C26H34N4O3/c1-5-30-23-9-7-20(15-22(23)28-25(30)16-29-10-12-32-13-11-29)27-26(31)17-33-24-14-19(4)6-8-21(24)18(2)3/h6-9,14-15,18H,5,10-13,16-17H2,1-4H3,(H,27,31). The van der Waals surface area contributed by atoms with Crippen molar-refractivity contribution < 1.29 is 14.3 Å². The predicted octanol–water partition coefficient (Wildman–Crippen LogP) is 4.34. The monoisotopic (exact) mass is 450 g/mol. The Bertz CT molecular complexity index is 1120. The van der Waals surface area contributed by atoms with Crippen molar-refractivity contribution in [2.75, 3.05) is 38.2 Å². The lowest BCUT2D eigenvalue weighted by molar-refractivity contribution is -0.118. The molecule has 1 amide bonds. The van der Waals surface area contributed by atoms with Crippen molar-refractivity contribution >= 4 is 22.6 Å². The molecule has 0 saturated carbocycles. The zero-order chi connectivity index (χ0) is 23.4. The fourth-order valence-corrected chi connectivity index (χ4v) is 4.27. The van der Waals surface area contributed by atoms with Crippen LogP contribution in [0.1, 0.15) is 43.6 Å². The van der Waals surface area contributed by atoms with Crippen LogP contribution in [0.4, 0.5) is 5.69 Å². The number of nitrogens with zero attached hydrogens (tertiary/aromatic N) is 3. The van der Waals surface area contributed by atoms with E-state index < -0.39 is 0 Å². The Labute approximate surface area is 195 Å². The van der Waals surface area contributed by atoms with Crippen LogP contribution >= 0.6 is 0 Å². The molecule has 1 saturated heterocycles. The van der Waals surface area contributed by atoms with E-state index in [-0.39, 0.29) is 12.5 Å². The molecule has 0 atom stereocenters. The summed E-state index contributed by atoms with van der Waals surface area (Å²) >= 11 is 0. The Morgan fingerprint density at radius 3 is 2.70 bits per heavy atom. The summed E-state index contributed by atoms with van der Waals surface area (Å²) in [6, 6.07) is 12.0. The highest BCUT2D eigenvalue weighted by Gasteiger charge is 2.17. The molecule has 1 aromatic heterocycles. The van der Waals surface area contributed by atoms with Gasteiger partial charge in [0, 0.05) is 25.3 Å². The third-order valence-corrected chi connectivity index (χ3v) is 6.05. The van der Waals surface area contributed by atoms with Gasteiger partial charge < -0.3 is 19.4 Å². The molecule has 1 aliphatic rings. The number of hydrogen-bond acceptors (Lipinski definition) is 5. The number of benzene rings is 2. The number of fused-ring (bicyclic) bond motifs is 1. The van der Waals surface area contributed by atoms with Crippen LogP contribution in [-0.4, -0.2) is 53.3 Å². The molecule has 1 N–H and O–H groups in total. The number of morpholine rings is 1. The molecule has 2 aromatic carbocycles. The van der Waals surface area contributed by atoms with Gasteiger partial charge in [-0.2, -0.15) is 0 Å². The van der Waals surface area contributed by atoms with Gasteiger partial charge in [0.05, 0.1) is 30.8 Å². The molecular formula is C26H34N4O3. The summed E-state index contributed by atoms with van der Waals surface area (Å²) in [6.45, 7) is 13.4. The van der Waals surface area contributed by atoms with Crippen LogP contribution in [-0.2, 0) is 22.6 Å². The van der Waals surface area contributed by atoms with Crippen LogP contribution in [0.5, 0.6) is 5.75 Å². The molecule has 2 heterocycles. The first-order valence-electron chi connectivity index (χ1n) is 11.8. The van der Waals surface area contributed by atoms with Crippen molar-refractivity contribution in [2.24, 2.45) is 0 Å². The normalized spacial score (nSPS) is 14.7. The molecule has 0 aliphatic carbocycles. The molecule has 1 aliphatic heterocycles. The van der Waals surface area contributed by atoms with Gasteiger partial charge in [-0.05, 0) is 55.2 Å². The highest BCUT2D eigenvalue weighted by Crippen LogP contribution is 2.27. The van der Waals surface area contributed by atoms with Crippen molar-refractivity contribution in [3.63, 3.8) is 0 Å². The second-order valence-electron chi connectivity index (χ2n) is 8.90. The quantitative estimate of drug-likeness (QED) is 0.553. The molecule has 33 heavy (non-hydrogen) atoms. The molecule has 7 heteroatoms. The minimum Gasteiger partial charge on any atom is -0.483 e. The van der Waals surface area contributed by atoms with Gasteiger partial charge >= 0.3 is 0 Å². The van der Waals surface area contributed by atoms with Crippen LogP contribution in [0, 0.1) is 6.92 Å². The Morgan fingerprint density at radius 1 is 1.18 bits per heavy atom. The first-order chi connectivity index (χ1) is 15.9. The minimum absolute atomic E-state index is 0.0348. The van der Waals surface area contributed by atoms with Gasteiger partial charge in [0.15, 0.2) is 6.61 Å². The highest BCUT2D eigenvalue weighted by atomic mass is 16.5. The van der Waals surface area contributed by atoms with E-state index in [1.807, 2.05) is 31.2 Å². The first-order valence-corrected chi connectivity index (χ1v) is 11.8. The van der Waals surface area contributed by atoms with Crippen LogP contribution < -0.4 is 10.1 Å². The van der Waals surface area contributed by atoms with Crippen molar-refractivity contribution in [1.29, 1.82) is 0 Å². The lowest BCUT2D eigenvalue weighted by Gasteiger charge is -2.26. The Morgan fingerprint density at radius 2 is 1.97 bits per heavy atom. The van der Waals surface area contributed by atoms with Crippen LogP contribution in [0.25, 0.3) is 11.0 Å². The van der Waals surface area contributed by atoms with E-state index in [9.17, 15) is 4.79 Å². The number of nitrogens with one attached hydrogen (secondary N) is 1. The van der Waals surface area contributed by atoms with Gasteiger partial charge in [0.1, 0.15) is 11.6 Å². The molecule has 1 fully saturated rings. The predicted molar refractivity (Wildman–Crippen MR) is 131 cm³/mol. The van der Waals surface area contributed by atoms with E-state index in [1.54, 1.807) is 0 Å². The van der Waals surface area contributed by atoms with Crippen molar-refractivity contribution in [1.82, 2.24) is 14.5 Å². The third kappa shape index (κ3) is 5.54. The zero-order valence-electron chi connectivity index (χ0n) is 20.1. The molecule has 0 spiro atoms. The number of ether oxygens (including phenoxy) is 2. The zero-order valence-corrected chi connectivity index (χ0v) is 20.1. The smallest absolute Gasteiger partial charge is 0.262 e. The molecule has 176 valence electrons.